The van der Waals surface area contributed by atoms with Crippen LogP contribution in [0.15, 0.2) is 54.6 Å². The summed E-state index contributed by atoms with van der Waals surface area (Å²) in [6.45, 7) is 4.34. The summed E-state index contributed by atoms with van der Waals surface area (Å²) in [4.78, 5) is 16.5. The van der Waals surface area contributed by atoms with Crippen LogP contribution in [0.3, 0.4) is 0 Å². The second kappa shape index (κ2) is 7.00. The van der Waals surface area contributed by atoms with Crippen molar-refractivity contribution in [1.29, 1.82) is 0 Å². The molecule has 0 aromatic heterocycles. The van der Waals surface area contributed by atoms with E-state index in [2.05, 4.69) is 17.0 Å². The zero-order valence-corrected chi connectivity index (χ0v) is 15.1. The highest BCUT2D eigenvalue weighted by atomic mass is 16.5. The molecule has 0 unspecified atom stereocenters. The molecule has 0 N–H and O–H groups in total. The first-order chi connectivity index (χ1) is 12.7. The predicted octanol–water partition coefficient (Wildman–Crippen LogP) is 2.56. The van der Waals surface area contributed by atoms with Crippen molar-refractivity contribution in [3.8, 4) is 5.75 Å². The Morgan fingerprint density at radius 3 is 2.35 bits per heavy atom. The van der Waals surface area contributed by atoms with E-state index in [1.54, 1.807) is 7.11 Å². The molecule has 0 saturated carbocycles. The van der Waals surface area contributed by atoms with Crippen LogP contribution in [-0.2, 0) is 16.1 Å². The van der Waals surface area contributed by atoms with Crippen molar-refractivity contribution in [2.24, 2.45) is 5.41 Å². The molecular formula is C21H24N2O3. The lowest BCUT2D eigenvalue weighted by atomic mass is 9.72. The van der Waals surface area contributed by atoms with Crippen LogP contribution in [0.5, 0.6) is 5.75 Å². The van der Waals surface area contributed by atoms with Crippen LogP contribution in [0.25, 0.3) is 0 Å². The van der Waals surface area contributed by atoms with E-state index in [9.17, 15) is 4.79 Å². The smallest absolute Gasteiger partial charge is 0.248 e. The normalized spacial score (nSPS) is 17.6. The molecule has 26 heavy (non-hydrogen) atoms. The summed E-state index contributed by atoms with van der Waals surface area (Å²) < 4.78 is 10.8. The molecule has 0 aliphatic carbocycles. The molecule has 2 heterocycles. The monoisotopic (exact) mass is 352 g/mol. The summed E-state index contributed by atoms with van der Waals surface area (Å²) in [5, 5.41) is 0. The van der Waals surface area contributed by atoms with Crippen molar-refractivity contribution >= 4 is 11.6 Å². The molecule has 0 bridgehead atoms. The van der Waals surface area contributed by atoms with Crippen LogP contribution in [0.4, 0.5) is 5.69 Å². The van der Waals surface area contributed by atoms with Crippen LogP contribution in [0.2, 0.25) is 0 Å². The number of hydrogen-bond acceptors (Lipinski definition) is 4. The first-order valence-electron chi connectivity index (χ1n) is 8.96. The number of methoxy groups -OCH3 is 1. The number of likely N-dealkylation sites (tertiary alicyclic amines) is 1. The van der Waals surface area contributed by atoms with Gasteiger partial charge in [-0.05, 0) is 29.8 Å². The maximum absolute atomic E-state index is 12.2. The molecule has 0 atom stereocenters. The van der Waals surface area contributed by atoms with E-state index < -0.39 is 0 Å². The number of anilines is 1. The summed E-state index contributed by atoms with van der Waals surface area (Å²) in [5.41, 5.74) is 2.58. The quantitative estimate of drug-likeness (QED) is 0.801. The zero-order valence-electron chi connectivity index (χ0n) is 15.1. The number of benzene rings is 2. The van der Waals surface area contributed by atoms with Crippen LogP contribution < -0.4 is 9.64 Å². The van der Waals surface area contributed by atoms with E-state index in [1.807, 2.05) is 47.4 Å². The van der Waals surface area contributed by atoms with Gasteiger partial charge in [-0.25, -0.2) is 0 Å². The Balaban J connectivity index is 1.19. The highest BCUT2D eigenvalue weighted by Crippen LogP contribution is 2.42. The molecule has 2 aromatic carbocycles. The van der Waals surface area contributed by atoms with Crippen LogP contribution in [-0.4, -0.2) is 50.7 Å². The molecule has 1 amide bonds. The minimum atomic E-state index is 0.0921. The van der Waals surface area contributed by atoms with E-state index in [4.69, 9.17) is 9.47 Å². The largest absolute Gasteiger partial charge is 0.497 e. The molecule has 5 heteroatoms. The van der Waals surface area contributed by atoms with Crippen molar-refractivity contribution in [3.05, 3.63) is 60.2 Å². The van der Waals surface area contributed by atoms with E-state index in [0.29, 0.717) is 6.61 Å². The molecule has 1 spiro atoms. The maximum Gasteiger partial charge on any atom is 0.248 e. The molecule has 5 nitrogen and oxygen atoms in total. The summed E-state index contributed by atoms with van der Waals surface area (Å²) in [5.74, 6) is 0.967. The van der Waals surface area contributed by atoms with Gasteiger partial charge in [0, 0.05) is 37.3 Å². The zero-order chi connectivity index (χ0) is 18.0. The average Bonchev–Trinajstić information content (AvgIpc) is 2.61. The molecule has 2 aromatic rings. The number of nitrogens with zero attached hydrogens (tertiary/aromatic N) is 2. The highest BCUT2D eigenvalue weighted by Gasteiger charge is 2.53. The van der Waals surface area contributed by atoms with Gasteiger partial charge in [-0.3, -0.25) is 4.79 Å². The van der Waals surface area contributed by atoms with E-state index in [-0.39, 0.29) is 17.9 Å². The third kappa shape index (κ3) is 3.40. The van der Waals surface area contributed by atoms with Gasteiger partial charge in [0.25, 0.3) is 0 Å². The molecule has 2 saturated heterocycles. The number of amides is 1. The van der Waals surface area contributed by atoms with Gasteiger partial charge in [0.05, 0.1) is 13.7 Å². The summed E-state index contributed by atoms with van der Waals surface area (Å²) in [6, 6.07) is 18.1. The summed E-state index contributed by atoms with van der Waals surface area (Å²) in [7, 11) is 1.68. The van der Waals surface area contributed by atoms with Crippen LogP contribution in [0, 0.1) is 5.41 Å². The minimum Gasteiger partial charge on any atom is -0.497 e. The minimum absolute atomic E-state index is 0.0921. The lowest BCUT2D eigenvalue weighted by molar-refractivity contribution is -0.150. The molecule has 2 fully saturated rings. The van der Waals surface area contributed by atoms with Gasteiger partial charge in [0.15, 0.2) is 0 Å². The Bertz CT molecular complexity index is 747. The first kappa shape index (κ1) is 16.9. The molecule has 0 radical (unpaired) electrons. The van der Waals surface area contributed by atoms with Gasteiger partial charge < -0.3 is 19.3 Å². The third-order valence-electron chi connectivity index (χ3n) is 5.23. The Kier molecular flexibility index (Phi) is 4.55. The van der Waals surface area contributed by atoms with Crippen molar-refractivity contribution < 1.29 is 14.3 Å². The van der Waals surface area contributed by atoms with Crippen LogP contribution >= 0.6 is 0 Å². The van der Waals surface area contributed by atoms with E-state index in [0.717, 1.165) is 37.5 Å². The highest BCUT2D eigenvalue weighted by molar-refractivity contribution is 5.78. The molecule has 136 valence electrons. The van der Waals surface area contributed by atoms with Crippen molar-refractivity contribution in [3.63, 3.8) is 0 Å². The molecule has 4 rings (SSSR count). The number of carbonyl (C=O) groups excluding carboxylic acids is 1. The van der Waals surface area contributed by atoms with Crippen molar-refractivity contribution in [2.45, 2.75) is 6.61 Å². The second-order valence-electron chi connectivity index (χ2n) is 7.28. The number of carbonyl (C=O) groups is 1. The summed E-state index contributed by atoms with van der Waals surface area (Å²) in [6.07, 6.45) is 0. The fraction of sp³-hybridized carbons (Fsp3) is 0.381. The van der Waals surface area contributed by atoms with Gasteiger partial charge in [-0.2, -0.15) is 0 Å². The first-order valence-corrected chi connectivity index (χ1v) is 8.96. The van der Waals surface area contributed by atoms with Gasteiger partial charge in [0.2, 0.25) is 5.91 Å². The molecular weight excluding hydrogens is 328 g/mol. The number of hydrogen-bond donors (Lipinski definition) is 0. The van der Waals surface area contributed by atoms with Crippen LogP contribution in [0.1, 0.15) is 5.56 Å². The van der Waals surface area contributed by atoms with Gasteiger partial charge >= 0.3 is 0 Å². The second-order valence-corrected chi connectivity index (χ2v) is 7.28. The predicted molar refractivity (Wildman–Crippen MR) is 100 cm³/mol. The van der Waals surface area contributed by atoms with Crippen molar-refractivity contribution in [1.82, 2.24) is 4.90 Å². The lowest BCUT2D eigenvalue weighted by Crippen LogP contribution is -2.73. The summed E-state index contributed by atoms with van der Waals surface area (Å²) >= 11 is 0. The Morgan fingerprint density at radius 1 is 1.00 bits per heavy atom. The standard InChI is InChI=1S/C21H24N2O3/c1-25-19-9-7-18(8-10-19)22-13-21(14-22)15-23(16-21)20(24)12-26-11-17-5-3-2-4-6-17/h2-10H,11-16H2,1H3. The molecule has 2 aliphatic rings. The van der Waals surface area contributed by atoms with Gasteiger partial charge in [-0.1, -0.05) is 30.3 Å². The van der Waals surface area contributed by atoms with Gasteiger partial charge in [0.1, 0.15) is 12.4 Å². The Morgan fingerprint density at radius 2 is 1.69 bits per heavy atom. The van der Waals surface area contributed by atoms with E-state index >= 15 is 0 Å². The third-order valence-corrected chi connectivity index (χ3v) is 5.23. The Hall–Kier alpha value is -2.53. The Labute approximate surface area is 154 Å². The number of rotatable bonds is 6. The maximum atomic E-state index is 12.2. The van der Waals surface area contributed by atoms with Gasteiger partial charge in [-0.15, -0.1) is 0 Å². The van der Waals surface area contributed by atoms with E-state index in [1.165, 1.54) is 5.69 Å². The fourth-order valence-electron chi connectivity index (χ4n) is 3.80. The lowest BCUT2D eigenvalue weighted by Gasteiger charge is -2.60. The van der Waals surface area contributed by atoms with Crippen molar-refractivity contribution in [2.75, 3.05) is 44.8 Å². The SMILES string of the molecule is COc1ccc(N2CC3(CN(C(=O)COCc4ccccc4)C3)C2)cc1. The average molecular weight is 352 g/mol. The fourth-order valence-corrected chi connectivity index (χ4v) is 3.80. The topological polar surface area (TPSA) is 42.0 Å². The molecule has 2 aliphatic heterocycles. The number of ether oxygens (including phenoxy) is 2.